The van der Waals surface area contributed by atoms with Crippen LogP contribution in [0.25, 0.3) is 0 Å². The zero-order valence-electron chi connectivity index (χ0n) is 12.1. The minimum absolute atomic E-state index is 0.268. The van der Waals surface area contributed by atoms with Crippen molar-refractivity contribution in [2.24, 2.45) is 0 Å². The molecule has 3 heteroatoms. The number of morpholine rings is 1. The highest BCUT2D eigenvalue weighted by molar-refractivity contribution is 5.01. The Kier molecular flexibility index (Phi) is 3.54. The first kappa shape index (κ1) is 13.3. The zero-order valence-corrected chi connectivity index (χ0v) is 12.1. The molecule has 2 rings (SSSR count). The molecule has 0 aliphatic carbocycles. The van der Waals surface area contributed by atoms with Crippen molar-refractivity contribution >= 4 is 0 Å². The lowest BCUT2D eigenvalue weighted by Gasteiger charge is -2.42. The minimum atomic E-state index is 0.268. The van der Waals surface area contributed by atoms with Crippen LogP contribution < -0.4 is 0 Å². The first-order valence-corrected chi connectivity index (χ1v) is 6.90. The smallest absolute Gasteiger partial charge is 0.0594 e. The Morgan fingerprint density at radius 1 is 1.12 bits per heavy atom. The van der Waals surface area contributed by atoms with Gasteiger partial charge in [-0.05, 0) is 41.0 Å². The summed E-state index contributed by atoms with van der Waals surface area (Å²) in [6.07, 6.45) is 1.28. The summed E-state index contributed by atoms with van der Waals surface area (Å²) in [6, 6.07) is 0.716. The van der Waals surface area contributed by atoms with E-state index in [9.17, 15) is 0 Å². The van der Waals surface area contributed by atoms with Crippen molar-refractivity contribution < 1.29 is 4.74 Å². The van der Waals surface area contributed by atoms with Crippen molar-refractivity contribution in [3.8, 4) is 0 Å². The summed E-state index contributed by atoms with van der Waals surface area (Å²) in [4.78, 5) is 5.29. The first-order chi connectivity index (χ1) is 7.81. The summed E-state index contributed by atoms with van der Waals surface area (Å²) in [7, 11) is 0. The number of nitrogens with zero attached hydrogens (tertiary/aromatic N) is 2. The van der Waals surface area contributed by atoms with Crippen LogP contribution in [0.1, 0.15) is 41.0 Å². The van der Waals surface area contributed by atoms with Gasteiger partial charge in [0, 0.05) is 36.8 Å². The van der Waals surface area contributed by atoms with Gasteiger partial charge in [0.25, 0.3) is 0 Å². The maximum Gasteiger partial charge on any atom is 0.0594 e. The Bertz CT molecular complexity index is 264. The largest absolute Gasteiger partial charge is 0.379 e. The molecular weight excluding hydrogens is 212 g/mol. The molecular formula is C14H28N2O. The van der Waals surface area contributed by atoms with Crippen LogP contribution in [-0.4, -0.2) is 59.8 Å². The fourth-order valence-electron chi connectivity index (χ4n) is 3.58. The van der Waals surface area contributed by atoms with Crippen molar-refractivity contribution in [3.63, 3.8) is 0 Å². The standard InChI is InChI=1S/C14H28N2O/c1-13(2,3)16-11-12(10-14(16,4)5)15-6-8-17-9-7-15/h12H,6-11H2,1-5H3/t12-/m0/s1. The van der Waals surface area contributed by atoms with Gasteiger partial charge in [-0.1, -0.05) is 0 Å². The molecule has 100 valence electrons. The molecule has 1 atom stereocenters. The fourth-order valence-corrected chi connectivity index (χ4v) is 3.58. The predicted molar refractivity (Wildman–Crippen MR) is 71.3 cm³/mol. The SMILES string of the molecule is CC(C)(C)N1C[C@@H](N2CCOCC2)CC1(C)C. The average molecular weight is 240 g/mol. The van der Waals surface area contributed by atoms with Crippen molar-refractivity contribution in [1.82, 2.24) is 9.80 Å². The summed E-state index contributed by atoms with van der Waals surface area (Å²) in [5.74, 6) is 0. The van der Waals surface area contributed by atoms with Crippen LogP contribution >= 0.6 is 0 Å². The molecule has 0 bridgehead atoms. The van der Waals surface area contributed by atoms with Gasteiger partial charge in [-0.3, -0.25) is 9.80 Å². The maximum absolute atomic E-state index is 5.45. The summed E-state index contributed by atoms with van der Waals surface area (Å²) >= 11 is 0. The normalized spacial score (nSPS) is 31.9. The van der Waals surface area contributed by atoms with Gasteiger partial charge in [0.05, 0.1) is 13.2 Å². The molecule has 0 aromatic carbocycles. The quantitative estimate of drug-likeness (QED) is 0.697. The van der Waals surface area contributed by atoms with E-state index in [1.54, 1.807) is 0 Å². The van der Waals surface area contributed by atoms with Gasteiger partial charge < -0.3 is 4.74 Å². The van der Waals surface area contributed by atoms with Crippen LogP contribution in [0.5, 0.6) is 0 Å². The molecule has 0 spiro atoms. The van der Waals surface area contributed by atoms with Crippen molar-refractivity contribution in [1.29, 1.82) is 0 Å². The van der Waals surface area contributed by atoms with E-state index >= 15 is 0 Å². The molecule has 2 heterocycles. The van der Waals surface area contributed by atoms with Crippen LogP contribution in [0.3, 0.4) is 0 Å². The molecule has 0 N–H and O–H groups in total. The minimum Gasteiger partial charge on any atom is -0.379 e. The molecule has 0 amide bonds. The third-order valence-electron chi connectivity index (χ3n) is 4.23. The Balaban J connectivity index is 2.04. The summed E-state index contributed by atoms with van der Waals surface area (Å²) in [5, 5.41) is 0. The number of rotatable bonds is 1. The molecule has 3 nitrogen and oxygen atoms in total. The van der Waals surface area contributed by atoms with Gasteiger partial charge in [-0.25, -0.2) is 0 Å². The zero-order chi connectivity index (χ0) is 12.7. The van der Waals surface area contributed by atoms with Crippen molar-refractivity contribution in [2.45, 2.75) is 58.2 Å². The summed E-state index contributed by atoms with van der Waals surface area (Å²) < 4.78 is 5.45. The number of hydrogen-bond donors (Lipinski definition) is 0. The van der Waals surface area contributed by atoms with Gasteiger partial charge in [-0.15, -0.1) is 0 Å². The van der Waals surface area contributed by atoms with E-state index in [1.165, 1.54) is 13.0 Å². The molecule has 0 radical (unpaired) electrons. The molecule has 2 aliphatic rings. The average Bonchev–Trinajstić information content (AvgIpc) is 2.55. The Labute approximate surface area is 106 Å². The monoisotopic (exact) mass is 240 g/mol. The van der Waals surface area contributed by atoms with Crippen molar-refractivity contribution in [3.05, 3.63) is 0 Å². The predicted octanol–water partition coefficient (Wildman–Crippen LogP) is 1.97. The Morgan fingerprint density at radius 3 is 2.18 bits per heavy atom. The van der Waals surface area contributed by atoms with E-state index < -0.39 is 0 Å². The lowest BCUT2D eigenvalue weighted by molar-refractivity contribution is 0.0158. The van der Waals surface area contributed by atoms with Gasteiger partial charge in [0.15, 0.2) is 0 Å². The van der Waals surface area contributed by atoms with Crippen molar-refractivity contribution in [2.75, 3.05) is 32.8 Å². The third kappa shape index (κ3) is 2.83. The van der Waals surface area contributed by atoms with Gasteiger partial charge in [-0.2, -0.15) is 0 Å². The molecule has 0 aromatic rings. The third-order valence-corrected chi connectivity index (χ3v) is 4.23. The van der Waals surface area contributed by atoms with Crippen LogP contribution in [0.2, 0.25) is 0 Å². The Hall–Kier alpha value is -0.120. The number of likely N-dealkylation sites (tertiary alicyclic amines) is 1. The van der Waals surface area contributed by atoms with E-state index in [0.717, 1.165) is 26.3 Å². The van der Waals surface area contributed by atoms with Gasteiger partial charge >= 0.3 is 0 Å². The summed E-state index contributed by atoms with van der Waals surface area (Å²) in [5.41, 5.74) is 0.589. The molecule has 2 aliphatic heterocycles. The lowest BCUT2D eigenvalue weighted by Crippen LogP contribution is -2.50. The fraction of sp³-hybridized carbons (Fsp3) is 1.00. The molecule has 17 heavy (non-hydrogen) atoms. The highest BCUT2D eigenvalue weighted by Crippen LogP contribution is 2.36. The highest BCUT2D eigenvalue weighted by atomic mass is 16.5. The van der Waals surface area contributed by atoms with E-state index in [2.05, 4.69) is 44.4 Å². The van der Waals surface area contributed by atoms with Crippen LogP contribution in [0.4, 0.5) is 0 Å². The van der Waals surface area contributed by atoms with E-state index in [4.69, 9.17) is 4.74 Å². The molecule has 0 unspecified atom stereocenters. The number of hydrogen-bond acceptors (Lipinski definition) is 3. The topological polar surface area (TPSA) is 15.7 Å². The Morgan fingerprint density at radius 2 is 1.71 bits per heavy atom. The molecule has 0 saturated carbocycles. The second kappa shape index (κ2) is 4.52. The van der Waals surface area contributed by atoms with E-state index in [-0.39, 0.29) is 5.54 Å². The number of ether oxygens (including phenoxy) is 1. The molecule has 0 aromatic heterocycles. The summed E-state index contributed by atoms with van der Waals surface area (Å²) in [6.45, 7) is 17.0. The van der Waals surface area contributed by atoms with Crippen LogP contribution in [0.15, 0.2) is 0 Å². The van der Waals surface area contributed by atoms with E-state index in [1.807, 2.05) is 0 Å². The van der Waals surface area contributed by atoms with Crippen LogP contribution in [-0.2, 0) is 4.74 Å². The van der Waals surface area contributed by atoms with E-state index in [0.29, 0.717) is 11.6 Å². The lowest BCUT2D eigenvalue weighted by atomic mass is 9.95. The second-order valence-corrected chi connectivity index (χ2v) is 7.10. The second-order valence-electron chi connectivity index (χ2n) is 7.10. The van der Waals surface area contributed by atoms with Crippen LogP contribution in [0, 0.1) is 0 Å². The molecule has 2 fully saturated rings. The van der Waals surface area contributed by atoms with Gasteiger partial charge in [0.1, 0.15) is 0 Å². The first-order valence-electron chi connectivity index (χ1n) is 6.90. The molecule has 2 saturated heterocycles. The van der Waals surface area contributed by atoms with Gasteiger partial charge in [0.2, 0.25) is 0 Å². The highest BCUT2D eigenvalue weighted by Gasteiger charge is 2.45. The maximum atomic E-state index is 5.45.